The zero-order valence-electron chi connectivity index (χ0n) is 19.8. The Balaban J connectivity index is 2.06. The summed E-state index contributed by atoms with van der Waals surface area (Å²) in [6.07, 6.45) is 2.93. The number of H-pyrrole nitrogens is 1. The third-order valence-electron chi connectivity index (χ3n) is 5.00. The van der Waals surface area contributed by atoms with Gasteiger partial charge in [0.2, 0.25) is 6.79 Å². The van der Waals surface area contributed by atoms with Gasteiger partial charge >= 0.3 is 0 Å². The summed E-state index contributed by atoms with van der Waals surface area (Å²) in [5.74, 6) is 1.87. The average molecular weight is 470 g/mol. The number of nitrogens with zero attached hydrogens (tertiary/aromatic N) is 4. The molecule has 1 aliphatic heterocycles. The highest BCUT2D eigenvalue weighted by Crippen LogP contribution is 2.37. The minimum atomic E-state index is -0.480. The van der Waals surface area contributed by atoms with Gasteiger partial charge in [-0.2, -0.15) is 5.10 Å². The van der Waals surface area contributed by atoms with Gasteiger partial charge in [0, 0.05) is 61.5 Å². The number of nitrogens with two attached hydrogens (primary N) is 1. The van der Waals surface area contributed by atoms with Crippen LogP contribution in [-0.2, 0) is 4.74 Å². The van der Waals surface area contributed by atoms with Crippen molar-refractivity contribution in [2.45, 2.75) is 13.8 Å². The third kappa shape index (κ3) is 5.20. The molecule has 2 aromatic rings. The Bertz CT molecular complexity index is 1200. The molecule has 0 saturated carbocycles. The molecule has 0 atom stereocenters. The molecule has 0 aliphatic carbocycles. The lowest BCUT2D eigenvalue weighted by molar-refractivity contribution is 0.174. The van der Waals surface area contributed by atoms with E-state index in [0.29, 0.717) is 40.1 Å². The summed E-state index contributed by atoms with van der Waals surface area (Å²) in [7, 11) is 4.79. The molecule has 0 bridgehead atoms. The number of nitrogens with one attached hydrogen (secondary N) is 2. The summed E-state index contributed by atoms with van der Waals surface area (Å²) in [6.45, 7) is 7.73. The monoisotopic (exact) mass is 469 g/mol. The van der Waals surface area contributed by atoms with Gasteiger partial charge in [-0.3, -0.25) is 10.1 Å². The highest BCUT2D eigenvalue weighted by Gasteiger charge is 2.21. The topological polar surface area (TPSA) is 122 Å². The van der Waals surface area contributed by atoms with E-state index < -0.39 is 5.82 Å². The average Bonchev–Trinajstić information content (AvgIpc) is 3.44. The van der Waals surface area contributed by atoms with Crippen LogP contribution in [0.4, 0.5) is 15.9 Å². The Kier molecular flexibility index (Phi) is 7.57. The molecule has 0 spiro atoms. The number of rotatable bonds is 8. The van der Waals surface area contributed by atoms with E-state index in [1.54, 1.807) is 44.3 Å². The number of aryl methyl sites for hydroxylation is 1. The van der Waals surface area contributed by atoms with Gasteiger partial charge < -0.3 is 30.2 Å². The van der Waals surface area contributed by atoms with Crippen molar-refractivity contribution in [1.29, 1.82) is 0 Å². The van der Waals surface area contributed by atoms with Gasteiger partial charge in [0.1, 0.15) is 5.84 Å². The Morgan fingerprint density at radius 1 is 1.35 bits per heavy atom. The fourth-order valence-corrected chi connectivity index (χ4v) is 3.17. The van der Waals surface area contributed by atoms with Gasteiger partial charge in [-0.1, -0.05) is 6.58 Å². The van der Waals surface area contributed by atoms with Crippen LogP contribution < -0.4 is 25.4 Å². The molecule has 2 heterocycles. The summed E-state index contributed by atoms with van der Waals surface area (Å²) in [5.41, 5.74) is 7.85. The van der Waals surface area contributed by atoms with E-state index in [-0.39, 0.29) is 18.3 Å². The van der Waals surface area contributed by atoms with Crippen molar-refractivity contribution in [3.8, 4) is 11.5 Å². The van der Waals surface area contributed by atoms with Crippen molar-refractivity contribution in [3.05, 3.63) is 65.2 Å². The molecular weight excluding hydrogens is 441 g/mol. The number of fused-ring (bicyclic) bond motifs is 1. The molecule has 1 aromatic heterocycles. The van der Waals surface area contributed by atoms with Crippen LogP contribution in [0.15, 0.2) is 63.7 Å². The summed E-state index contributed by atoms with van der Waals surface area (Å²) >= 11 is 0. The van der Waals surface area contributed by atoms with E-state index in [9.17, 15) is 4.39 Å². The maximum atomic E-state index is 14.8. The van der Waals surface area contributed by atoms with Crippen molar-refractivity contribution < 1.29 is 18.6 Å². The number of hydrogen-bond donors (Lipinski definition) is 3. The van der Waals surface area contributed by atoms with E-state index >= 15 is 0 Å². The molecule has 0 fully saturated rings. The van der Waals surface area contributed by atoms with Crippen molar-refractivity contribution in [2.75, 3.05) is 38.2 Å². The zero-order valence-corrected chi connectivity index (χ0v) is 19.8. The zero-order chi connectivity index (χ0) is 24.8. The first-order chi connectivity index (χ1) is 16.3. The van der Waals surface area contributed by atoms with Crippen molar-refractivity contribution in [2.24, 2.45) is 15.7 Å². The predicted molar refractivity (Wildman–Crippen MR) is 131 cm³/mol. The molecule has 4 N–H and O–H groups in total. The second-order valence-electron chi connectivity index (χ2n) is 7.31. The van der Waals surface area contributed by atoms with Gasteiger partial charge in [-0.15, -0.1) is 0 Å². The lowest BCUT2D eigenvalue weighted by atomic mass is 10.1. The largest absolute Gasteiger partial charge is 0.492 e. The highest BCUT2D eigenvalue weighted by molar-refractivity contribution is 5.97. The van der Waals surface area contributed by atoms with E-state index in [2.05, 4.69) is 32.1 Å². The van der Waals surface area contributed by atoms with Crippen LogP contribution in [0.25, 0.3) is 0 Å². The highest BCUT2D eigenvalue weighted by atomic mass is 19.1. The number of halogens is 1. The van der Waals surface area contributed by atoms with E-state index in [1.807, 2.05) is 6.92 Å². The number of methoxy groups -OCH3 is 1. The molecule has 0 unspecified atom stereocenters. The standard InChI is InChI=1S/C23H28FN7O3/c1-13-7-21(30-29-13)28-23(22(32-6)14(2)16(10-25)11-26-4)27-15(3)31(5)18-9-20-19(8-17(18)24)33-12-34-20/h7-11H,2,12,25H2,1,3-6H3,(H2,28,29,30)/b16-10+,23-22-,26-11?,27-15+. The molecule has 0 radical (unpaired) electrons. The molecule has 1 aliphatic rings. The molecule has 0 amide bonds. The van der Waals surface area contributed by atoms with Crippen LogP contribution in [0, 0.1) is 12.7 Å². The Morgan fingerprint density at radius 3 is 2.65 bits per heavy atom. The summed E-state index contributed by atoms with van der Waals surface area (Å²) in [5, 5.41) is 10.2. The lowest BCUT2D eigenvalue weighted by Gasteiger charge is -2.21. The quantitative estimate of drug-likeness (QED) is 0.234. The summed E-state index contributed by atoms with van der Waals surface area (Å²) in [4.78, 5) is 10.3. The second kappa shape index (κ2) is 10.6. The first kappa shape index (κ1) is 24.4. The van der Waals surface area contributed by atoms with Gasteiger partial charge in [0.05, 0.1) is 12.8 Å². The normalized spacial score (nSPS) is 14.3. The van der Waals surface area contributed by atoms with Gasteiger partial charge in [-0.05, 0) is 13.8 Å². The summed E-state index contributed by atoms with van der Waals surface area (Å²) < 4.78 is 31.0. The first-order valence-corrected chi connectivity index (χ1v) is 10.3. The van der Waals surface area contributed by atoms with Crippen LogP contribution in [0.3, 0.4) is 0 Å². The first-order valence-electron chi connectivity index (χ1n) is 10.3. The van der Waals surface area contributed by atoms with E-state index in [4.69, 9.17) is 19.9 Å². The fourth-order valence-electron chi connectivity index (χ4n) is 3.17. The molecule has 34 heavy (non-hydrogen) atoms. The number of aromatic amines is 1. The number of benzene rings is 1. The van der Waals surface area contributed by atoms with Crippen molar-refractivity contribution >= 4 is 23.6 Å². The van der Waals surface area contributed by atoms with Crippen LogP contribution in [-0.4, -0.2) is 50.2 Å². The smallest absolute Gasteiger partial charge is 0.231 e. The van der Waals surface area contributed by atoms with Crippen LogP contribution in [0.2, 0.25) is 0 Å². The predicted octanol–water partition coefficient (Wildman–Crippen LogP) is 3.47. The van der Waals surface area contributed by atoms with Crippen LogP contribution in [0.1, 0.15) is 12.6 Å². The van der Waals surface area contributed by atoms with Crippen LogP contribution >= 0.6 is 0 Å². The van der Waals surface area contributed by atoms with Gasteiger partial charge in [0.25, 0.3) is 0 Å². The Labute approximate surface area is 197 Å². The fraction of sp³-hybridized carbons (Fsp3) is 0.261. The third-order valence-corrected chi connectivity index (χ3v) is 5.00. The number of amidine groups is 1. The Hall–Kier alpha value is -4.28. The van der Waals surface area contributed by atoms with Gasteiger partial charge in [0.15, 0.2) is 34.7 Å². The second-order valence-corrected chi connectivity index (χ2v) is 7.31. The van der Waals surface area contributed by atoms with E-state index in [0.717, 1.165) is 5.69 Å². The number of ether oxygens (including phenoxy) is 3. The van der Waals surface area contributed by atoms with Crippen LogP contribution in [0.5, 0.6) is 11.5 Å². The maximum Gasteiger partial charge on any atom is 0.231 e. The number of aliphatic imine (C=N–C) groups is 2. The molecule has 1 aromatic carbocycles. The lowest BCUT2D eigenvalue weighted by Crippen LogP contribution is -2.25. The molecular formula is C23H28FN7O3. The summed E-state index contributed by atoms with van der Waals surface area (Å²) in [6, 6.07) is 4.65. The number of hydrogen-bond acceptors (Lipinski definition) is 8. The minimum Gasteiger partial charge on any atom is -0.492 e. The molecule has 11 heteroatoms. The number of aromatic nitrogens is 2. The Morgan fingerprint density at radius 2 is 2.06 bits per heavy atom. The number of anilines is 2. The SMILES string of the molecule is C=C(/C(C=NC)=C/N)/C(OC)=C(\N=C(/C)N(C)c1cc2c(cc1F)OCO2)Nc1cc(C)[nH]n1. The number of allylic oxidation sites excluding steroid dienone is 1. The minimum absolute atomic E-state index is 0.0479. The maximum absolute atomic E-state index is 14.8. The molecule has 0 saturated heterocycles. The molecule has 10 nitrogen and oxygen atoms in total. The molecule has 3 rings (SSSR count). The van der Waals surface area contributed by atoms with E-state index in [1.165, 1.54) is 19.4 Å². The van der Waals surface area contributed by atoms with Crippen molar-refractivity contribution in [1.82, 2.24) is 10.2 Å². The van der Waals surface area contributed by atoms with Crippen molar-refractivity contribution in [3.63, 3.8) is 0 Å². The van der Waals surface area contributed by atoms with Gasteiger partial charge in [-0.25, -0.2) is 9.38 Å². The molecule has 180 valence electrons.